The summed E-state index contributed by atoms with van der Waals surface area (Å²) in [5.41, 5.74) is 3.26. The number of terminal acetylenes is 1. The van der Waals surface area contributed by atoms with Crippen LogP contribution in [0.2, 0.25) is 0 Å². The highest BCUT2D eigenvalue weighted by molar-refractivity contribution is 7.71. The predicted molar refractivity (Wildman–Crippen MR) is 126 cm³/mol. The van der Waals surface area contributed by atoms with E-state index in [0.717, 1.165) is 54.0 Å². The minimum Gasteiger partial charge on any atom is -0.409 e. The molecule has 0 atom stereocenters. The van der Waals surface area contributed by atoms with E-state index in [9.17, 15) is 0 Å². The molecule has 1 aromatic carbocycles. The monoisotopic (exact) mass is 442 g/mol. The Morgan fingerprint density at radius 3 is 2.56 bits per heavy atom. The van der Waals surface area contributed by atoms with E-state index in [2.05, 4.69) is 20.7 Å². The van der Waals surface area contributed by atoms with E-state index in [-0.39, 0.29) is 0 Å². The highest BCUT2D eigenvalue weighted by atomic mass is 32.1. The fourth-order valence-corrected chi connectivity index (χ4v) is 4.09. The van der Waals surface area contributed by atoms with Gasteiger partial charge >= 0.3 is 0 Å². The SMILES string of the molecule is C#CCN1CCN(Cn2nc(-c3cc(-c4ccccn4)nc4ccccc34)oc2=S)CC1. The quantitative estimate of drug-likeness (QED) is 0.345. The van der Waals surface area contributed by atoms with Crippen molar-refractivity contribution in [3.8, 4) is 35.2 Å². The smallest absolute Gasteiger partial charge is 0.288 e. The van der Waals surface area contributed by atoms with Crippen molar-refractivity contribution in [1.29, 1.82) is 0 Å². The maximum Gasteiger partial charge on any atom is 0.288 e. The second-order valence-corrected chi connectivity index (χ2v) is 8.05. The van der Waals surface area contributed by atoms with Gasteiger partial charge in [-0.05, 0) is 36.5 Å². The lowest BCUT2D eigenvalue weighted by Crippen LogP contribution is -2.46. The molecule has 0 spiro atoms. The molecule has 0 unspecified atom stereocenters. The highest BCUT2D eigenvalue weighted by Gasteiger charge is 2.19. The molecule has 0 bridgehead atoms. The molecule has 1 aliphatic rings. The van der Waals surface area contributed by atoms with Crippen LogP contribution in [0.15, 0.2) is 59.1 Å². The first-order chi connectivity index (χ1) is 15.7. The molecule has 8 heteroatoms. The van der Waals surface area contributed by atoms with Gasteiger partial charge in [-0.1, -0.05) is 30.2 Å². The molecule has 32 heavy (non-hydrogen) atoms. The number of nitrogens with zero attached hydrogens (tertiary/aromatic N) is 6. The summed E-state index contributed by atoms with van der Waals surface area (Å²) < 4.78 is 7.70. The molecule has 0 saturated carbocycles. The van der Waals surface area contributed by atoms with Gasteiger partial charge in [0, 0.05) is 37.8 Å². The zero-order valence-electron chi connectivity index (χ0n) is 17.5. The number of para-hydroxylation sites is 1. The zero-order chi connectivity index (χ0) is 21.9. The van der Waals surface area contributed by atoms with Crippen molar-refractivity contribution in [2.75, 3.05) is 32.7 Å². The van der Waals surface area contributed by atoms with Crippen LogP contribution >= 0.6 is 12.2 Å². The molecule has 7 nitrogen and oxygen atoms in total. The Balaban J connectivity index is 1.47. The van der Waals surface area contributed by atoms with Gasteiger partial charge in [0.05, 0.1) is 35.7 Å². The topological polar surface area (TPSA) is 63.2 Å². The highest BCUT2D eigenvalue weighted by Crippen LogP contribution is 2.30. The van der Waals surface area contributed by atoms with E-state index in [4.69, 9.17) is 33.1 Å². The van der Waals surface area contributed by atoms with E-state index in [1.807, 2.05) is 48.5 Å². The molecule has 0 radical (unpaired) electrons. The van der Waals surface area contributed by atoms with Gasteiger partial charge in [-0.3, -0.25) is 14.8 Å². The minimum atomic E-state index is 0.353. The fraction of sp³-hybridized carbons (Fsp3) is 0.250. The molecular weight excluding hydrogens is 420 g/mol. The minimum absolute atomic E-state index is 0.353. The molecule has 5 rings (SSSR count). The Morgan fingerprint density at radius 1 is 1.00 bits per heavy atom. The molecule has 1 saturated heterocycles. The largest absolute Gasteiger partial charge is 0.409 e. The van der Waals surface area contributed by atoms with E-state index in [1.54, 1.807) is 10.9 Å². The molecule has 1 fully saturated rings. The number of rotatable bonds is 5. The number of pyridine rings is 2. The van der Waals surface area contributed by atoms with Crippen LogP contribution in [0, 0.1) is 17.2 Å². The van der Waals surface area contributed by atoms with Crippen molar-refractivity contribution in [3.63, 3.8) is 0 Å². The van der Waals surface area contributed by atoms with Gasteiger partial charge in [-0.2, -0.15) is 0 Å². The normalized spacial score (nSPS) is 15.1. The van der Waals surface area contributed by atoms with Crippen molar-refractivity contribution in [3.05, 3.63) is 59.6 Å². The van der Waals surface area contributed by atoms with Crippen LogP contribution in [-0.4, -0.2) is 62.3 Å². The van der Waals surface area contributed by atoms with Crippen LogP contribution in [-0.2, 0) is 6.67 Å². The first-order valence-corrected chi connectivity index (χ1v) is 10.9. The lowest BCUT2D eigenvalue weighted by molar-refractivity contribution is 0.110. The second kappa shape index (κ2) is 9.01. The molecule has 4 heterocycles. The first-order valence-electron chi connectivity index (χ1n) is 10.5. The average Bonchev–Trinajstić information content (AvgIpc) is 3.20. The van der Waals surface area contributed by atoms with E-state index >= 15 is 0 Å². The average molecular weight is 443 g/mol. The molecule has 3 aromatic heterocycles. The Labute approximate surface area is 191 Å². The molecule has 0 N–H and O–H groups in total. The van der Waals surface area contributed by atoms with Gasteiger partial charge in [0.2, 0.25) is 5.89 Å². The van der Waals surface area contributed by atoms with Crippen LogP contribution in [0.25, 0.3) is 33.7 Å². The zero-order valence-corrected chi connectivity index (χ0v) is 18.3. The number of benzene rings is 1. The van der Waals surface area contributed by atoms with Crippen LogP contribution in [0.5, 0.6) is 0 Å². The number of hydrogen-bond donors (Lipinski definition) is 0. The number of fused-ring (bicyclic) bond motifs is 1. The van der Waals surface area contributed by atoms with E-state index in [1.165, 1.54) is 0 Å². The molecule has 0 amide bonds. The summed E-state index contributed by atoms with van der Waals surface area (Å²) >= 11 is 5.50. The fourth-order valence-electron chi connectivity index (χ4n) is 3.91. The summed E-state index contributed by atoms with van der Waals surface area (Å²) in [5.74, 6) is 3.20. The molecule has 160 valence electrons. The van der Waals surface area contributed by atoms with Crippen LogP contribution in [0.4, 0.5) is 0 Å². The predicted octanol–water partition coefficient (Wildman–Crippen LogP) is 3.69. The standard InChI is InChI=1S/C24H22N6OS/c1-2-11-28-12-14-29(15-13-28)17-30-24(32)31-23(27-30)19-16-22(21-9-5-6-10-25-21)26-20-8-4-3-7-18(19)20/h1,3-10,16H,11-15,17H2. The third kappa shape index (κ3) is 4.18. The van der Waals surface area contributed by atoms with Gasteiger partial charge in [-0.15, -0.1) is 11.5 Å². The summed E-state index contributed by atoms with van der Waals surface area (Å²) in [6, 6.07) is 15.7. The number of hydrogen-bond acceptors (Lipinski definition) is 7. The number of piperazine rings is 1. The van der Waals surface area contributed by atoms with Gasteiger partial charge in [0.1, 0.15) is 0 Å². The summed E-state index contributed by atoms with van der Waals surface area (Å²) in [5, 5.41) is 5.68. The van der Waals surface area contributed by atoms with Crippen molar-refractivity contribution in [2.24, 2.45) is 0 Å². The van der Waals surface area contributed by atoms with Crippen LogP contribution < -0.4 is 0 Å². The van der Waals surface area contributed by atoms with Gasteiger partial charge in [-0.25, -0.2) is 9.67 Å². The third-order valence-electron chi connectivity index (χ3n) is 5.59. The maximum absolute atomic E-state index is 5.96. The van der Waals surface area contributed by atoms with Crippen molar-refractivity contribution >= 4 is 23.1 Å². The molecule has 0 aliphatic carbocycles. The van der Waals surface area contributed by atoms with Gasteiger partial charge in [0.15, 0.2) is 0 Å². The molecular formula is C24H22N6OS. The first kappa shape index (κ1) is 20.5. The maximum atomic E-state index is 5.96. The Bertz CT molecular complexity index is 1330. The van der Waals surface area contributed by atoms with Crippen LogP contribution in [0.3, 0.4) is 0 Å². The lowest BCUT2D eigenvalue weighted by atomic mass is 10.1. The number of aromatic nitrogens is 4. The second-order valence-electron chi connectivity index (χ2n) is 7.70. The molecule has 4 aromatic rings. The summed E-state index contributed by atoms with van der Waals surface area (Å²) in [6.45, 7) is 4.97. The van der Waals surface area contributed by atoms with E-state index in [0.29, 0.717) is 23.9 Å². The Hall–Kier alpha value is -3.38. The van der Waals surface area contributed by atoms with Crippen LogP contribution in [0.1, 0.15) is 0 Å². The third-order valence-corrected chi connectivity index (χ3v) is 5.89. The van der Waals surface area contributed by atoms with Gasteiger partial charge < -0.3 is 4.42 Å². The Kier molecular flexibility index (Phi) is 5.77. The van der Waals surface area contributed by atoms with Crippen molar-refractivity contribution < 1.29 is 4.42 Å². The molecule has 1 aliphatic heterocycles. The van der Waals surface area contributed by atoms with E-state index < -0.39 is 0 Å². The van der Waals surface area contributed by atoms with Crippen molar-refractivity contribution in [1.82, 2.24) is 29.5 Å². The van der Waals surface area contributed by atoms with Gasteiger partial charge in [0.25, 0.3) is 4.84 Å². The summed E-state index contributed by atoms with van der Waals surface area (Å²) in [6.07, 6.45) is 7.19. The Morgan fingerprint density at radius 2 is 1.78 bits per heavy atom. The summed E-state index contributed by atoms with van der Waals surface area (Å²) in [7, 11) is 0. The summed E-state index contributed by atoms with van der Waals surface area (Å²) in [4.78, 5) is 14.2. The van der Waals surface area contributed by atoms with Crippen molar-refractivity contribution in [2.45, 2.75) is 6.67 Å². The lowest BCUT2D eigenvalue weighted by Gasteiger charge is -2.33.